The van der Waals surface area contributed by atoms with Crippen molar-refractivity contribution in [1.82, 2.24) is 4.90 Å². The number of hydrogen-bond donors (Lipinski definition) is 1. The van der Waals surface area contributed by atoms with Crippen LogP contribution in [-0.2, 0) is 4.79 Å². The molecular weight excluding hydrogens is 152 g/mol. The van der Waals surface area contributed by atoms with Gasteiger partial charge in [0.05, 0.1) is 5.54 Å². The number of likely N-dealkylation sites (tertiary alicyclic amines) is 1. The van der Waals surface area contributed by atoms with Gasteiger partial charge in [-0.3, -0.25) is 9.69 Å². The summed E-state index contributed by atoms with van der Waals surface area (Å²) >= 11 is 0. The van der Waals surface area contributed by atoms with E-state index in [9.17, 15) is 4.79 Å². The summed E-state index contributed by atoms with van der Waals surface area (Å²) < 4.78 is 0. The predicted molar refractivity (Wildman–Crippen MR) is 48.6 cm³/mol. The molecule has 1 amide bonds. The van der Waals surface area contributed by atoms with E-state index in [-0.39, 0.29) is 5.91 Å². The molecule has 68 valence electrons. The van der Waals surface area contributed by atoms with Gasteiger partial charge in [-0.25, -0.2) is 0 Å². The van der Waals surface area contributed by atoms with Crippen molar-refractivity contribution >= 4 is 5.91 Å². The van der Waals surface area contributed by atoms with Crippen molar-refractivity contribution in [3.05, 3.63) is 11.6 Å². The van der Waals surface area contributed by atoms with E-state index in [0.717, 1.165) is 13.1 Å². The van der Waals surface area contributed by atoms with Crippen LogP contribution in [0.1, 0.15) is 20.8 Å². The van der Waals surface area contributed by atoms with Crippen LogP contribution in [0.15, 0.2) is 11.6 Å². The molecule has 1 aliphatic rings. The van der Waals surface area contributed by atoms with Crippen LogP contribution in [0.25, 0.3) is 0 Å². The van der Waals surface area contributed by atoms with Gasteiger partial charge < -0.3 is 5.73 Å². The Kier molecular flexibility index (Phi) is 2.24. The van der Waals surface area contributed by atoms with E-state index >= 15 is 0 Å². The van der Waals surface area contributed by atoms with Gasteiger partial charge in [0.15, 0.2) is 0 Å². The minimum absolute atomic E-state index is 0.252. The van der Waals surface area contributed by atoms with Gasteiger partial charge in [-0.1, -0.05) is 6.08 Å². The number of nitrogens with two attached hydrogens (primary N) is 1. The number of amides is 1. The molecule has 12 heavy (non-hydrogen) atoms. The zero-order chi connectivity index (χ0) is 9.35. The molecule has 3 heteroatoms. The molecule has 1 aliphatic heterocycles. The zero-order valence-electron chi connectivity index (χ0n) is 7.92. The van der Waals surface area contributed by atoms with Crippen LogP contribution in [0.4, 0.5) is 0 Å². The number of rotatable bonds is 2. The number of carbonyl (C=O) groups excluding carboxylic acids is 1. The average molecular weight is 168 g/mol. The Bertz CT molecular complexity index is 223. The quantitative estimate of drug-likeness (QED) is 0.611. The third-order valence-corrected chi connectivity index (χ3v) is 2.59. The molecule has 0 saturated carbocycles. The number of primary amides is 1. The molecule has 0 spiro atoms. The molecule has 0 aromatic rings. The summed E-state index contributed by atoms with van der Waals surface area (Å²) in [4.78, 5) is 13.1. The van der Waals surface area contributed by atoms with Crippen LogP contribution in [0.3, 0.4) is 0 Å². The van der Waals surface area contributed by atoms with Crippen LogP contribution in [0.2, 0.25) is 0 Å². The molecule has 2 N–H and O–H groups in total. The van der Waals surface area contributed by atoms with Crippen LogP contribution >= 0.6 is 0 Å². The van der Waals surface area contributed by atoms with E-state index in [2.05, 4.69) is 11.0 Å². The Labute approximate surface area is 73.2 Å². The molecule has 1 fully saturated rings. The highest BCUT2D eigenvalue weighted by molar-refractivity contribution is 5.83. The van der Waals surface area contributed by atoms with Crippen LogP contribution in [0.5, 0.6) is 0 Å². The Morgan fingerprint density at radius 2 is 2.08 bits per heavy atom. The second-order valence-electron chi connectivity index (χ2n) is 3.73. The second kappa shape index (κ2) is 2.90. The first kappa shape index (κ1) is 9.26. The summed E-state index contributed by atoms with van der Waals surface area (Å²) in [5.74, 6) is -0.252. The lowest BCUT2D eigenvalue weighted by atomic mass is 9.94. The number of hydrogen-bond acceptors (Lipinski definition) is 2. The van der Waals surface area contributed by atoms with Gasteiger partial charge in [0.1, 0.15) is 0 Å². The molecule has 1 rings (SSSR count). The maximum Gasteiger partial charge on any atom is 0.237 e. The van der Waals surface area contributed by atoms with Crippen molar-refractivity contribution < 1.29 is 4.79 Å². The summed E-state index contributed by atoms with van der Waals surface area (Å²) in [6.07, 6.45) is 2.09. The molecule has 0 bridgehead atoms. The highest BCUT2D eigenvalue weighted by Gasteiger charge is 2.37. The Balaban J connectivity index is 2.57. The number of nitrogens with zero attached hydrogens (tertiary/aromatic N) is 1. The Hall–Kier alpha value is -0.830. The summed E-state index contributed by atoms with van der Waals surface area (Å²) in [6, 6.07) is 0. The van der Waals surface area contributed by atoms with Crippen molar-refractivity contribution in [2.24, 2.45) is 5.73 Å². The molecule has 0 aromatic heterocycles. The molecular formula is C9H16N2O. The van der Waals surface area contributed by atoms with Gasteiger partial charge in [0, 0.05) is 13.1 Å². The van der Waals surface area contributed by atoms with Gasteiger partial charge in [-0.15, -0.1) is 0 Å². The largest absolute Gasteiger partial charge is 0.368 e. The van der Waals surface area contributed by atoms with Crippen LogP contribution in [0, 0.1) is 0 Å². The molecule has 0 aromatic carbocycles. The molecule has 0 radical (unpaired) electrons. The zero-order valence-corrected chi connectivity index (χ0v) is 7.92. The third-order valence-electron chi connectivity index (χ3n) is 2.59. The maximum absolute atomic E-state index is 11.0. The van der Waals surface area contributed by atoms with Gasteiger partial charge in [-0.2, -0.15) is 0 Å². The smallest absolute Gasteiger partial charge is 0.237 e. The van der Waals surface area contributed by atoms with Gasteiger partial charge >= 0.3 is 0 Å². The van der Waals surface area contributed by atoms with Crippen LogP contribution < -0.4 is 5.73 Å². The monoisotopic (exact) mass is 168 g/mol. The lowest BCUT2D eigenvalue weighted by molar-refractivity contribution is -0.129. The van der Waals surface area contributed by atoms with E-state index in [0.29, 0.717) is 0 Å². The molecule has 0 aliphatic carbocycles. The van der Waals surface area contributed by atoms with Crippen LogP contribution in [-0.4, -0.2) is 29.4 Å². The summed E-state index contributed by atoms with van der Waals surface area (Å²) in [5, 5.41) is 0. The SMILES string of the molecule is CC=C1CN(C(C)(C)C(N)=O)C1. The van der Waals surface area contributed by atoms with E-state index < -0.39 is 5.54 Å². The number of allylic oxidation sites excluding steroid dienone is 1. The fourth-order valence-electron chi connectivity index (χ4n) is 1.18. The van der Waals surface area contributed by atoms with Gasteiger partial charge in [0.25, 0.3) is 0 Å². The first-order valence-corrected chi connectivity index (χ1v) is 4.17. The lowest BCUT2D eigenvalue weighted by Crippen LogP contribution is -2.59. The van der Waals surface area contributed by atoms with Crippen molar-refractivity contribution in [3.8, 4) is 0 Å². The van der Waals surface area contributed by atoms with Crippen molar-refractivity contribution in [1.29, 1.82) is 0 Å². The Morgan fingerprint density at radius 3 is 2.42 bits per heavy atom. The molecule has 1 heterocycles. The average Bonchev–Trinajstić information content (AvgIpc) is 1.84. The highest BCUT2D eigenvalue weighted by Crippen LogP contribution is 2.24. The summed E-state index contributed by atoms with van der Waals surface area (Å²) in [6.45, 7) is 7.51. The predicted octanol–water partition coefficient (Wildman–Crippen LogP) is 0.512. The molecule has 3 nitrogen and oxygen atoms in total. The highest BCUT2D eigenvalue weighted by atomic mass is 16.1. The second-order valence-corrected chi connectivity index (χ2v) is 3.73. The van der Waals surface area contributed by atoms with E-state index in [4.69, 9.17) is 5.73 Å². The molecule has 0 unspecified atom stereocenters. The number of carbonyl (C=O) groups is 1. The van der Waals surface area contributed by atoms with Crippen molar-refractivity contribution in [2.75, 3.05) is 13.1 Å². The third kappa shape index (κ3) is 1.37. The van der Waals surface area contributed by atoms with Crippen molar-refractivity contribution in [2.45, 2.75) is 26.3 Å². The fraction of sp³-hybridized carbons (Fsp3) is 0.667. The normalized spacial score (nSPS) is 18.8. The summed E-state index contributed by atoms with van der Waals surface area (Å²) in [7, 11) is 0. The standard InChI is InChI=1S/C9H16N2O/c1-4-7-5-11(6-7)9(2,3)8(10)12/h4H,5-6H2,1-3H3,(H2,10,12). The fourth-order valence-corrected chi connectivity index (χ4v) is 1.18. The topological polar surface area (TPSA) is 46.3 Å². The Morgan fingerprint density at radius 1 is 1.58 bits per heavy atom. The van der Waals surface area contributed by atoms with E-state index in [1.165, 1.54) is 5.57 Å². The van der Waals surface area contributed by atoms with Crippen molar-refractivity contribution in [3.63, 3.8) is 0 Å². The van der Waals surface area contributed by atoms with E-state index in [1.54, 1.807) is 0 Å². The van der Waals surface area contributed by atoms with Gasteiger partial charge in [-0.05, 0) is 26.3 Å². The maximum atomic E-state index is 11.0. The minimum Gasteiger partial charge on any atom is -0.368 e. The van der Waals surface area contributed by atoms with E-state index in [1.807, 2.05) is 20.8 Å². The molecule has 1 saturated heterocycles. The lowest BCUT2D eigenvalue weighted by Gasteiger charge is -2.44. The first-order valence-electron chi connectivity index (χ1n) is 4.17. The van der Waals surface area contributed by atoms with Gasteiger partial charge in [0.2, 0.25) is 5.91 Å². The molecule has 0 atom stereocenters. The first-order chi connectivity index (χ1) is 5.48. The summed E-state index contributed by atoms with van der Waals surface area (Å²) in [5.41, 5.74) is 6.15. The minimum atomic E-state index is -0.494.